The molecule has 0 aliphatic heterocycles. The molecule has 2 rings (SSSR count). The number of hydrazone groups is 2. The number of nitrogens with zero attached hydrogens (tertiary/aromatic N) is 2. The Bertz CT molecular complexity index is 750. The lowest BCUT2D eigenvalue weighted by Gasteiger charge is -2.00. The second-order valence-corrected chi connectivity index (χ2v) is 4.95. The Morgan fingerprint density at radius 2 is 1.28 bits per heavy atom. The molecule has 0 fully saturated rings. The van der Waals surface area contributed by atoms with E-state index >= 15 is 0 Å². The van der Waals surface area contributed by atoms with Crippen molar-refractivity contribution in [3.05, 3.63) is 59.7 Å². The maximum Gasteiger partial charge on any atom is 0.249 e. The molecule has 0 aromatic heterocycles. The number of hydrogen-bond donors (Lipinski definition) is 4. The number of nitrogens with one attached hydrogen (secondary N) is 2. The van der Waals surface area contributed by atoms with Gasteiger partial charge in [-0.25, -0.2) is 10.9 Å². The minimum absolute atomic E-state index is 0.0826. The predicted octanol–water partition coefficient (Wildman–Crippen LogP) is 1.09. The van der Waals surface area contributed by atoms with E-state index in [9.17, 15) is 19.8 Å². The number of benzene rings is 2. The van der Waals surface area contributed by atoms with Gasteiger partial charge in [0.1, 0.15) is 17.9 Å². The van der Waals surface area contributed by atoms with Crippen LogP contribution in [0.3, 0.4) is 0 Å². The summed E-state index contributed by atoms with van der Waals surface area (Å²) in [5.41, 5.74) is 5.60. The molecule has 8 nitrogen and oxygen atoms in total. The number of phenols is 2. The number of hydrogen-bond acceptors (Lipinski definition) is 6. The molecule has 0 saturated heterocycles. The quantitative estimate of drug-likeness (QED) is 0.357. The summed E-state index contributed by atoms with van der Waals surface area (Å²) >= 11 is 0. The minimum atomic E-state index is -0.610. The highest BCUT2D eigenvalue weighted by Gasteiger charge is 2.07. The van der Waals surface area contributed by atoms with Crippen LogP contribution in [-0.2, 0) is 9.59 Å². The van der Waals surface area contributed by atoms with Crippen molar-refractivity contribution >= 4 is 24.2 Å². The molecule has 0 heterocycles. The minimum Gasteiger partial charge on any atom is -0.508 e. The van der Waals surface area contributed by atoms with E-state index in [1.165, 1.54) is 36.7 Å². The molecule has 8 heteroatoms. The third kappa shape index (κ3) is 6.53. The second kappa shape index (κ2) is 8.82. The number of carbonyl (C=O) groups is 2. The highest BCUT2D eigenvalue weighted by Crippen LogP contribution is 2.09. The molecular weight excluding hydrogens is 324 g/mol. The number of rotatable bonds is 6. The summed E-state index contributed by atoms with van der Waals surface area (Å²) in [7, 11) is 0. The Balaban J connectivity index is 1.75. The summed E-state index contributed by atoms with van der Waals surface area (Å²) in [5, 5.41) is 26.0. The van der Waals surface area contributed by atoms with E-state index in [1.807, 2.05) is 0 Å². The van der Waals surface area contributed by atoms with Crippen molar-refractivity contribution in [1.29, 1.82) is 0 Å². The topological polar surface area (TPSA) is 123 Å². The normalized spacial score (nSPS) is 10.9. The van der Waals surface area contributed by atoms with Gasteiger partial charge < -0.3 is 10.2 Å². The smallest absolute Gasteiger partial charge is 0.249 e. The van der Waals surface area contributed by atoms with Gasteiger partial charge >= 0.3 is 0 Å². The van der Waals surface area contributed by atoms with Crippen LogP contribution in [0, 0.1) is 0 Å². The van der Waals surface area contributed by atoms with Crippen molar-refractivity contribution in [2.75, 3.05) is 0 Å². The first-order valence-electron chi connectivity index (χ1n) is 7.25. The van der Waals surface area contributed by atoms with Gasteiger partial charge in [-0.05, 0) is 35.4 Å². The highest BCUT2D eigenvalue weighted by atomic mass is 16.3. The van der Waals surface area contributed by atoms with Crippen molar-refractivity contribution in [2.24, 2.45) is 10.2 Å². The fourth-order valence-corrected chi connectivity index (χ4v) is 1.79. The summed E-state index contributed by atoms with van der Waals surface area (Å²) in [6, 6.07) is 12.6. The number of phenolic OH excluding ortho intramolecular Hbond substituents is 2. The van der Waals surface area contributed by atoms with Gasteiger partial charge in [0.25, 0.3) is 0 Å². The molecule has 0 bridgehead atoms. The van der Waals surface area contributed by atoms with Gasteiger partial charge in [-0.2, -0.15) is 10.2 Å². The van der Waals surface area contributed by atoms with Crippen molar-refractivity contribution in [3.63, 3.8) is 0 Å². The summed E-state index contributed by atoms with van der Waals surface area (Å²) in [4.78, 5) is 23.1. The van der Waals surface area contributed by atoms with E-state index in [0.717, 1.165) is 0 Å². The molecule has 2 aromatic carbocycles. The number of aromatic hydroxyl groups is 2. The van der Waals surface area contributed by atoms with Crippen molar-refractivity contribution in [1.82, 2.24) is 10.9 Å². The fourth-order valence-electron chi connectivity index (χ4n) is 1.79. The molecule has 2 amide bonds. The van der Waals surface area contributed by atoms with E-state index in [1.54, 1.807) is 24.3 Å². The molecule has 0 unspecified atom stereocenters. The van der Waals surface area contributed by atoms with Crippen LogP contribution in [0.4, 0.5) is 0 Å². The largest absolute Gasteiger partial charge is 0.508 e. The van der Waals surface area contributed by atoms with Crippen molar-refractivity contribution in [2.45, 2.75) is 6.42 Å². The maximum absolute atomic E-state index is 11.6. The number of carbonyl (C=O) groups excluding carboxylic acids is 2. The highest BCUT2D eigenvalue weighted by molar-refractivity contribution is 5.97. The van der Waals surface area contributed by atoms with Gasteiger partial charge in [0.15, 0.2) is 0 Å². The maximum atomic E-state index is 11.6. The Kier molecular flexibility index (Phi) is 6.24. The lowest BCUT2D eigenvalue weighted by atomic mass is 10.2. The second-order valence-electron chi connectivity index (χ2n) is 4.95. The van der Waals surface area contributed by atoms with Crippen molar-refractivity contribution in [3.8, 4) is 11.5 Å². The number of amides is 2. The molecule has 0 radical (unpaired) electrons. The molecule has 25 heavy (non-hydrogen) atoms. The molecule has 0 spiro atoms. The first-order valence-corrected chi connectivity index (χ1v) is 7.25. The molecule has 0 atom stereocenters. The van der Waals surface area contributed by atoms with Gasteiger partial charge in [0.05, 0.1) is 12.4 Å². The summed E-state index contributed by atoms with van der Waals surface area (Å²) in [5.74, 6) is -1.05. The van der Waals surface area contributed by atoms with Crippen LogP contribution in [0.2, 0.25) is 0 Å². The van der Waals surface area contributed by atoms with Crippen LogP contribution < -0.4 is 10.9 Å². The van der Waals surface area contributed by atoms with Crippen LogP contribution in [0.1, 0.15) is 17.5 Å². The van der Waals surface area contributed by atoms with Gasteiger partial charge in [0, 0.05) is 0 Å². The monoisotopic (exact) mass is 340 g/mol. The summed E-state index contributed by atoms with van der Waals surface area (Å²) < 4.78 is 0. The SMILES string of the molecule is O=C(CC(=O)N/N=C/c1cccc(O)c1)N/N=C/c1cccc(O)c1. The Morgan fingerprint density at radius 3 is 1.68 bits per heavy atom. The average molecular weight is 340 g/mol. The third-order valence-corrected chi connectivity index (χ3v) is 2.87. The first kappa shape index (κ1) is 17.7. The third-order valence-electron chi connectivity index (χ3n) is 2.87. The molecule has 4 N–H and O–H groups in total. The summed E-state index contributed by atoms with van der Waals surface area (Å²) in [6.45, 7) is 0. The predicted molar refractivity (Wildman–Crippen MR) is 92.3 cm³/mol. The molecule has 2 aromatic rings. The Morgan fingerprint density at radius 1 is 0.840 bits per heavy atom. The van der Waals surface area contributed by atoms with Crippen LogP contribution in [0.25, 0.3) is 0 Å². The molecule has 0 aliphatic rings. The van der Waals surface area contributed by atoms with E-state index in [0.29, 0.717) is 11.1 Å². The zero-order valence-electron chi connectivity index (χ0n) is 13.1. The van der Waals surface area contributed by atoms with Crippen LogP contribution in [0.5, 0.6) is 11.5 Å². The fraction of sp³-hybridized carbons (Fsp3) is 0.0588. The lowest BCUT2D eigenvalue weighted by Crippen LogP contribution is -2.27. The van der Waals surface area contributed by atoms with E-state index in [2.05, 4.69) is 21.1 Å². The van der Waals surface area contributed by atoms with E-state index in [-0.39, 0.29) is 11.5 Å². The van der Waals surface area contributed by atoms with Gasteiger partial charge in [-0.1, -0.05) is 24.3 Å². The van der Waals surface area contributed by atoms with E-state index < -0.39 is 18.2 Å². The Labute approximate surface area is 143 Å². The summed E-state index contributed by atoms with van der Waals surface area (Å²) in [6.07, 6.45) is 2.24. The Hall–Kier alpha value is -3.68. The van der Waals surface area contributed by atoms with Gasteiger partial charge in [0.2, 0.25) is 11.8 Å². The van der Waals surface area contributed by atoms with Crippen LogP contribution in [0.15, 0.2) is 58.7 Å². The van der Waals surface area contributed by atoms with Crippen molar-refractivity contribution < 1.29 is 19.8 Å². The van der Waals surface area contributed by atoms with E-state index in [4.69, 9.17) is 0 Å². The standard InChI is InChI=1S/C17H16N4O4/c22-14-5-1-3-12(7-14)10-18-20-16(24)9-17(25)21-19-11-13-4-2-6-15(23)8-13/h1-8,10-11,22-23H,9H2,(H,20,24)(H,21,25)/b18-10+,19-11+. The van der Waals surface area contributed by atoms with Crippen LogP contribution >= 0.6 is 0 Å². The van der Waals surface area contributed by atoms with Crippen LogP contribution in [-0.4, -0.2) is 34.5 Å². The van der Waals surface area contributed by atoms with Gasteiger partial charge in [-0.3, -0.25) is 9.59 Å². The lowest BCUT2D eigenvalue weighted by molar-refractivity contribution is -0.129. The average Bonchev–Trinajstić information content (AvgIpc) is 2.55. The molecule has 128 valence electrons. The first-order chi connectivity index (χ1) is 12.0. The molecule has 0 saturated carbocycles. The zero-order chi connectivity index (χ0) is 18.1. The van der Waals surface area contributed by atoms with Gasteiger partial charge in [-0.15, -0.1) is 0 Å². The molecule has 0 aliphatic carbocycles. The zero-order valence-corrected chi connectivity index (χ0v) is 13.1. The molecular formula is C17H16N4O4.